The third-order valence-corrected chi connectivity index (χ3v) is 4.60. The molecule has 0 saturated carbocycles. The summed E-state index contributed by atoms with van der Waals surface area (Å²) in [6, 6.07) is 8.08. The van der Waals surface area contributed by atoms with Gasteiger partial charge in [0, 0.05) is 38.1 Å². The highest BCUT2D eigenvalue weighted by molar-refractivity contribution is 5.74. The maximum atomic E-state index is 12.3. The summed E-state index contributed by atoms with van der Waals surface area (Å²) in [5.41, 5.74) is 1.91. The molecule has 2 amide bonds. The van der Waals surface area contributed by atoms with Crippen LogP contribution in [0.3, 0.4) is 0 Å². The fraction of sp³-hybridized carbons (Fsp3) is 0.444. The highest BCUT2D eigenvalue weighted by Gasteiger charge is 2.23. The van der Waals surface area contributed by atoms with Crippen molar-refractivity contribution in [1.29, 1.82) is 0 Å². The quantitative estimate of drug-likeness (QED) is 0.906. The summed E-state index contributed by atoms with van der Waals surface area (Å²) in [6.07, 6.45) is 7.06. The third kappa shape index (κ3) is 3.94. The Bertz CT molecular complexity index is 644. The number of aliphatic hydroxyl groups excluding tert-OH is 1. The molecule has 1 saturated heterocycles. The van der Waals surface area contributed by atoms with E-state index in [1.54, 1.807) is 13.1 Å². The number of aliphatic hydroxyl groups is 1. The van der Waals surface area contributed by atoms with Crippen molar-refractivity contribution in [2.75, 3.05) is 13.1 Å². The van der Waals surface area contributed by atoms with Crippen molar-refractivity contribution in [1.82, 2.24) is 19.8 Å². The zero-order chi connectivity index (χ0) is 16.9. The van der Waals surface area contributed by atoms with Crippen LogP contribution in [-0.4, -0.2) is 38.7 Å². The number of carbonyl (C=O) groups is 1. The summed E-state index contributed by atoms with van der Waals surface area (Å²) < 4.78 is 2.12. The van der Waals surface area contributed by atoms with Crippen LogP contribution in [0, 0.1) is 0 Å². The predicted octanol–water partition coefficient (Wildman–Crippen LogP) is 2.48. The number of nitrogens with one attached hydrogen (secondary N) is 1. The molecule has 24 heavy (non-hydrogen) atoms. The van der Waals surface area contributed by atoms with Crippen molar-refractivity contribution in [3.8, 4) is 0 Å². The molecule has 0 radical (unpaired) electrons. The molecule has 1 aliphatic heterocycles. The van der Waals surface area contributed by atoms with E-state index < -0.39 is 6.10 Å². The smallest absolute Gasteiger partial charge is 0.317 e. The molecule has 6 nitrogen and oxygen atoms in total. The zero-order valence-corrected chi connectivity index (χ0v) is 13.9. The summed E-state index contributed by atoms with van der Waals surface area (Å²) in [5.74, 6) is 0. The summed E-state index contributed by atoms with van der Waals surface area (Å²) in [4.78, 5) is 18.3. The molecule has 6 heteroatoms. The molecule has 128 valence electrons. The van der Waals surface area contributed by atoms with Crippen LogP contribution in [0.5, 0.6) is 0 Å². The van der Waals surface area contributed by atoms with Crippen LogP contribution in [0.15, 0.2) is 43.0 Å². The first-order chi connectivity index (χ1) is 11.6. The SMILES string of the molecule is CC(O)c1ccc(CNC(=O)N2CCC(n3ccnc3)CC2)cc1. The molecule has 2 N–H and O–H groups in total. The summed E-state index contributed by atoms with van der Waals surface area (Å²) in [5, 5.41) is 12.5. The van der Waals surface area contributed by atoms with Crippen LogP contribution < -0.4 is 5.32 Å². The van der Waals surface area contributed by atoms with E-state index in [0.29, 0.717) is 12.6 Å². The number of aromatic nitrogens is 2. The van der Waals surface area contributed by atoms with Gasteiger partial charge in [-0.25, -0.2) is 9.78 Å². The van der Waals surface area contributed by atoms with Crippen LogP contribution >= 0.6 is 0 Å². The second-order valence-electron chi connectivity index (χ2n) is 6.30. The number of carbonyl (C=O) groups excluding carboxylic acids is 1. The Morgan fingerprint density at radius 3 is 2.62 bits per heavy atom. The lowest BCUT2D eigenvalue weighted by atomic mass is 10.1. The third-order valence-electron chi connectivity index (χ3n) is 4.60. The molecule has 3 rings (SSSR count). The minimum Gasteiger partial charge on any atom is -0.389 e. The van der Waals surface area contributed by atoms with Gasteiger partial charge in [0.05, 0.1) is 12.4 Å². The van der Waals surface area contributed by atoms with Gasteiger partial charge in [0.15, 0.2) is 0 Å². The Morgan fingerprint density at radius 1 is 1.33 bits per heavy atom. The number of piperidine rings is 1. The summed E-state index contributed by atoms with van der Waals surface area (Å²) in [7, 11) is 0. The lowest BCUT2D eigenvalue weighted by molar-refractivity contribution is 0.171. The number of nitrogens with zero attached hydrogens (tertiary/aromatic N) is 3. The first kappa shape index (κ1) is 16.5. The Morgan fingerprint density at radius 2 is 2.04 bits per heavy atom. The molecule has 0 bridgehead atoms. The average Bonchev–Trinajstić information content (AvgIpc) is 3.15. The number of urea groups is 1. The van der Waals surface area contributed by atoms with Crippen LogP contribution in [0.1, 0.15) is 43.0 Å². The second-order valence-corrected chi connectivity index (χ2v) is 6.30. The lowest BCUT2D eigenvalue weighted by Crippen LogP contribution is -2.44. The Hall–Kier alpha value is -2.34. The van der Waals surface area contributed by atoms with Crippen molar-refractivity contribution in [2.24, 2.45) is 0 Å². The van der Waals surface area contributed by atoms with Crippen LogP contribution in [0.2, 0.25) is 0 Å². The lowest BCUT2D eigenvalue weighted by Gasteiger charge is -2.32. The number of benzene rings is 1. The van der Waals surface area contributed by atoms with Gasteiger partial charge < -0.3 is 19.9 Å². The molecule has 1 atom stereocenters. The maximum absolute atomic E-state index is 12.3. The predicted molar refractivity (Wildman–Crippen MR) is 91.4 cm³/mol. The minimum atomic E-state index is -0.467. The van der Waals surface area contributed by atoms with Crippen LogP contribution in [0.4, 0.5) is 4.79 Å². The molecule has 1 aromatic carbocycles. The van der Waals surface area contributed by atoms with Crippen molar-refractivity contribution >= 4 is 6.03 Å². The molecular weight excluding hydrogens is 304 g/mol. The van der Waals surface area contributed by atoms with E-state index in [2.05, 4.69) is 14.9 Å². The van der Waals surface area contributed by atoms with Gasteiger partial charge in [0.1, 0.15) is 0 Å². The van der Waals surface area contributed by atoms with Crippen molar-refractivity contribution in [2.45, 2.75) is 38.5 Å². The van der Waals surface area contributed by atoms with Gasteiger partial charge >= 0.3 is 6.03 Å². The van der Waals surface area contributed by atoms with E-state index in [9.17, 15) is 9.90 Å². The standard InChI is InChI=1S/C18H24N4O2/c1-14(23)16-4-2-15(3-5-16)12-20-18(24)21-9-6-17(7-10-21)22-11-8-19-13-22/h2-5,8,11,13-14,17,23H,6-7,9-10,12H2,1H3,(H,20,24). The molecule has 1 unspecified atom stereocenters. The fourth-order valence-corrected chi connectivity index (χ4v) is 3.06. The average molecular weight is 328 g/mol. The molecule has 0 spiro atoms. The Labute approximate surface area is 142 Å². The number of rotatable bonds is 4. The molecule has 0 aliphatic carbocycles. The van der Waals surface area contributed by atoms with Gasteiger partial charge in [-0.1, -0.05) is 24.3 Å². The number of likely N-dealkylation sites (tertiary alicyclic amines) is 1. The fourth-order valence-electron chi connectivity index (χ4n) is 3.06. The Balaban J connectivity index is 1.46. The van der Waals surface area contributed by atoms with Crippen molar-refractivity contribution in [3.63, 3.8) is 0 Å². The van der Waals surface area contributed by atoms with Crippen LogP contribution in [0.25, 0.3) is 0 Å². The highest BCUT2D eigenvalue weighted by Crippen LogP contribution is 2.22. The van der Waals surface area contributed by atoms with E-state index in [4.69, 9.17) is 0 Å². The topological polar surface area (TPSA) is 70.4 Å². The molecule has 2 aromatic rings. The number of amides is 2. The molecule has 1 fully saturated rings. The molecular formula is C18H24N4O2. The first-order valence-electron chi connectivity index (χ1n) is 8.40. The molecule has 2 heterocycles. The van der Waals surface area contributed by atoms with Crippen LogP contribution in [-0.2, 0) is 6.54 Å². The van der Waals surface area contributed by atoms with Crippen molar-refractivity contribution < 1.29 is 9.90 Å². The molecule has 1 aliphatic rings. The first-order valence-corrected chi connectivity index (χ1v) is 8.40. The zero-order valence-electron chi connectivity index (χ0n) is 13.9. The monoisotopic (exact) mass is 328 g/mol. The second kappa shape index (κ2) is 7.49. The highest BCUT2D eigenvalue weighted by atomic mass is 16.3. The summed E-state index contributed by atoms with van der Waals surface area (Å²) in [6.45, 7) is 3.76. The van der Waals surface area contributed by atoms with E-state index in [0.717, 1.165) is 37.1 Å². The molecule has 1 aromatic heterocycles. The number of hydrogen-bond donors (Lipinski definition) is 2. The minimum absolute atomic E-state index is 0.0151. The number of imidazole rings is 1. The van der Waals surface area contributed by atoms with Gasteiger partial charge in [-0.3, -0.25) is 0 Å². The maximum Gasteiger partial charge on any atom is 0.317 e. The van der Waals surface area contributed by atoms with Gasteiger partial charge in [-0.15, -0.1) is 0 Å². The van der Waals surface area contributed by atoms with E-state index in [1.807, 2.05) is 41.7 Å². The van der Waals surface area contributed by atoms with Crippen molar-refractivity contribution in [3.05, 3.63) is 54.1 Å². The van der Waals surface area contributed by atoms with E-state index >= 15 is 0 Å². The van der Waals surface area contributed by atoms with Gasteiger partial charge in [-0.2, -0.15) is 0 Å². The normalized spacial score (nSPS) is 16.8. The summed E-state index contributed by atoms with van der Waals surface area (Å²) >= 11 is 0. The number of hydrogen-bond acceptors (Lipinski definition) is 3. The van der Waals surface area contributed by atoms with E-state index in [1.165, 1.54) is 0 Å². The largest absolute Gasteiger partial charge is 0.389 e. The van der Waals surface area contributed by atoms with Gasteiger partial charge in [-0.05, 0) is 30.9 Å². The van der Waals surface area contributed by atoms with Gasteiger partial charge in [0.25, 0.3) is 0 Å². The van der Waals surface area contributed by atoms with Gasteiger partial charge in [0.2, 0.25) is 0 Å². The Kier molecular flexibility index (Phi) is 5.15. The van der Waals surface area contributed by atoms with E-state index in [-0.39, 0.29) is 6.03 Å².